The highest BCUT2D eigenvalue weighted by molar-refractivity contribution is 5.73. The van der Waals surface area contributed by atoms with Gasteiger partial charge in [0.05, 0.1) is 24.8 Å². The highest BCUT2D eigenvalue weighted by Crippen LogP contribution is 2.20. The highest BCUT2D eigenvalue weighted by Gasteiger charge is 2.06. The van der Waals surface area contributed by atoms with Crippen LogP contribution in [-0.2, 0) is 4.79 Å². The van der Waals surface area contributed by atoms with Gasteiger partial charge in [-0.1, -0.05) is 0 Å². The van der Waals surface area contributed by atoms with Crippen LogP contribution in [0.4, 0.5) is 5.69 Å². The topological polar surface area (TPSA) is 93.0 Å². The Hall–Kier alpha value is -2.50. The Balaban J connectivity index is 1.86. The Bertz CT molecular complexity index is 537. The molecule has 6 heteroatoms. The minimum atomic E-state index is -0.364. The summed E-state index contributed by atoms with van der Waals surface area (Å²) in [6, 6.07) is 9.61. The standard InChI is InChI=1S/C14H18N4O2/c1-10(13-6-8-16-18-13)17-11-2-4-12(5-3-11)20-9-7-14(15)19/h2-6,8,10,17H,7,9H2,1H3,(H2,15,19)(H,16,18). The summed E-state index contributed by atoms with van der Waals surface area (Å²) < 4.78 is 5.40. The first-order valence-corrected chi connectivity index (χ1v) is 6.42. The third-order valence-electron chi connectivity index (χ3n) is 2.84. The molecule has 0 spiro atoms. The molecule has 1 aromatic carbocycles. The Morgan fingerprint density at radius 2 is 2.15 bits per heavy atom. The molecule has 0 bridgehead atoms. The third-order valence-corrected chi connectivity index (χ3v) is 2.84. The summed E-state index contributed by atoms with van der Waals surface area (Å²) in [5, 5.41) is 10.2. The van der Waals surface area contributed by atoms with Gasteiger partial charge in [0.1, 0.15) is 5.75 Å². The van der Waals surface area contributed by atoms with Crippen LogP contribution >= 0.6 is 0 Å². The van der Waals surface area contributed by atoms with Gasteiger partial charge in [0, 0.05) is 11.9 Å². The van der Waals surface area contributed by atoms with Crippen molar-refractivity contribution in [1.29, 1.82) is 0 Å². The Morgan fingerprint density at radius 3 is 2.75 bits per heavy atom. The fourth-order valence-electron chi connectivity index (χ4n) is 1.75. The smallest absolute Gasteiger partial charge is 0.220 e. The van der Waals surface area contributed by atoms with Gasteiger partial charge in [0.2, 0.25) is 5.91 Å². The van der Waals surface area contributed by atoms with Crippen LogP contribution in [0.2, 0.25) is 0 Å². The van der Waals surface area contributed by atoms with Crippen molar-refractivity contribution in [2.24, 2.45) is 5.73 Å². The molecule has 1 unspecified atom stereocenters. The van der Waals surface area contributed by atoms with Gasteiger partial charge < -0.3 is 15.8 Å². The molecule has 1 aromatic heterocycles. The van der Waals surface area contributed by atoms with E-state index in [-0.39, 0.29) is 18.4 Å². The van der Waals surface area contributed by atoms with Crippen LogP contribution in [-0.4, -0.2) is 22.7 Å². The number of amides is 1. The first-order chi connectivity index (χ1) is 9.65. The zero-order chi connectivity index (χ0) is 14.4. The van der Waals surface area contributed by atoms with Crippen LogP contribution in [0.3, 0.4) is 0 Å². The van der Waals surface area contributed by atoms with E-state index < -0.39 is 0 Å². The number of ether oxygens (including phenoxy) is 1. The quantitative estimate of drug-likeness (QED) is 0.718. The van der Waals surface area contributed by atoms with Crippen molar-refractivity contribution in [2.45, 2.75) is 19.4 Å². The fourth-order valence-corrected chi connectivity index (χ4v) is 1.75. The number of hydrogen-bond donors (Lipinski definition) is 3. The van der Waals surface area contributed by atoms with Crippen molar-refractivity contribution < 1.29 is 9.53 Å². The fraction of sp³-hybridized carbons (Fsp3) is 0.286. The van der Waals surface area contributed by atoms with E-state index in [0.29, 0.717) is 12.4 Å². The number of carbonyl (C=O) groups is 1. The number of carbonyl (C=O) groups excluding carboxylic acids is 1. The third kappa shape index (κ3) is 4.01. The average molecular weight is 274 g/mol. The van der Waals surface area contributed by atoms with Crippen molar-refractivity contribution in [3.63, 3.8) is 0 Å². The molecular weight excluding hydrogens is 256 g/mol. The van der Waals surface area contributed by atoms with E-state index in [2.05, 4.69) is 15.5 Å². The molecule has 0 aliphatic carbocycles. The predicted octanol–water partition coefficient (Wildman–Crippen LogP) is 1.84. The Kier molecular flexibility index (Phi) is 4.60. The molecule has 1 amide bonds. The lowest BCUT2D eigenvalue weighted by molar-refractivity contribution is -0.118. The molecule has 6 nitrogen and oxygen atoms in total. The van der Waals surface area contributed by atoms with E-state index in [0.717, 1.165) is 11.4 Å². The second kappa shape index (κ2) is 6.60. The molecule has 0 saturated heterocycles. The van der Waals surface area contributed by atoms with Gasteiger partial charge in [-0.2, -0.15) is 5.10 Å². The summed E-state index contributed by atoms with van der Waals surface area (Å²) in [5.74, 6) is 0.350. The number of primary amides is 1. The molecule has 20 heavy (non-hydrogen) atoms. The molecule has 2 aromatic rings. The number of nitrogens with one attached hydrogen (secondary N) is 2. The maximum atomic E-state index is 10.6. The molecule has 0 aliphatic rings. The number of aromatic nitrogens is 2. The molecule has 106 valence electrons. The number of rotatable bonds is 7. The molecular formula is C14H18N4O2. The van der Waals surface area contributed by atoms with Crippen molar-refractivity contribution in [3.05, 3.63) is 42.2 Å². The van der Waals surface area contributed by atoms with Gasteiger partial charge in [-0.05, 0) is 37.3 Å². The SMILES string of the molecule is CC(Nc1ccc(OCCC(N)=O)cc1)c1ccn[nH]1. The molecule has 0 radical (unpaired) electrons. The number of benzene rings is 1. The van der Waals surface area contributed by atoms with Gasteiger partial charge in [-0.3, -0.25) is 9.89 Å². The highest BCUT2D eigenvalue weighted by atomic mass is 16.5. The summed E-state index contributed by atoms with van der Waals surface area (Å²) in [5.41, 5.74) is 7.05. The first kappa shape index (κ1) is 13.9. The van der Waals surface area contributed by atoms with E-state index >= 15 is 0 Å². The lowest BCUT2D eigenvalue weighted by Crippen LogP contribution is -2.14. The van der Waals surface area contributed by atoms with Crippen LogP contribution in [0, 0.1) is 0 Å². The van der Waals surface area contributed by atoms with E-state index in [1.54, 1.807) is 6.20 Å². The molecule has 1 atom stereocenters. The largest absolute Gasteiger partial charge is 0.493 e. The van der Waals surface area contributed by atoms with Gasteiger partial charge in [-0.25, -0.2) is 0 Å². The molecule has 1 heterocycles. The number of aromatic amines is 1. The van der Waals surface area contributed by atoms with E-state index in [1.165, 1.54) is 0 Å². The summed E-state index contributed by atoms with van der Waals surface area (Å²) in [6.45, 7) is 2.34. The van der Waals surface area contributed by atoms with E-state index in [4.69, 9.17) is 10.5 Å². The monoisotopic (exact) mass is 274 g/mol. The average Bonchev–Trinajstić information content (AvgIpc) is 2.94. The normalized spacial score (nSPS) is 11.8. The van der Waals surface area contributed by atoms with E-state index in [1.807, 2.05) is 37.3 Å². The minimum Gasteiger partial charge on any atom is -0.493 e. The maximum absolute atomic E-state index is 10.6. The molecule has 2 rings (SSSR count). The van der Waals surface area contributed by atoms with Gasteiger partial charge in [-0.15, -0.1) is 0 Å². The van der Waals surface area contributed by atoms with Gasteiger partial charge >= 0.3 is 0 Å². The van der Waals surface area contributed by atoms with Crippen LogP contribution < -0.4 is 15.8 Å². The Morgan fingerprint density at radius 1 is 1.40 bits per heavy atom. The van der Waals surface area contributed by atoms with Gasteiger partial charge in [0.15, 0.2) is 0 Å². The molecule has 0 fully saturated rings. The zero-order valence-electron chi connectivity index (χ0n) is 11.3. The number of nitrogens with two attached hydrogens (primary N) is 1. The number of anilines is 1. The summed E-state index contributed by atoms with van der Waals surface area (Å²) in [7, 11) is 0. The van der Waals surface area contributed by atoms with Crippen LogP contribution in [0.25, 0.3) is 0 Å². The lowest BCUT2D eigenvalue weighted by atomic mass is 10.2. The summed E-state index contributed by atoms with van der Waals surface area (Å²) in [6.07, 6.45) is 1.94. The first-order valence-electron chi connectivity index (χ1n) is 6.42. The van der Waals surface area contributed by atoms with Crippen LogP contribution in [0.5, 0.6) is 5.75 Å². The Labute approximate surface area is 117 Å². The summed E-state index contributed by atoms with van der Waals surface area (Å²) in [4.78, 5) is 10.6. The van der Waals surface area contributed by atoms with Crippen molar-refractivity contribution in [3.8, 4) is 5.75 Å². The van der Waals surface area contributed by atoms with Crippen molar-refractivity contribution >= 4 is 11.6 Å². The van der Waals surface area contributed by atoms with Crippen LogP contribution in [0.15, 0.2) is 36.5 Å². The van der Waals surface area contributed by atoms with Gasteiger partial charge in [0.25, 0.3) is 0 Å². The minimum absolute atomic E-state index is 0.138. The lowest BCUT2D eigenvalue weighted by Gasteiger charge is -2.14. The summed E-state index contributed by atoms with van der Waals surface area (Å²) >= 11 is 0. The van der Waals surface area contributed by atoms with Crippen molar-refractivity contribution in [1.82, 2.24) is 10.2 Å². The molecule has 0 aliphatic heterocycles. The predicted molar refractivity (Wildman–Crippen MR) is 76.4 cm³/mol. The molecule has 0 saturated carbocycles. The number of nitrogens with zero attached hydrogens (tertiary/aromatic N) is 1. The maximum Gasteiger partial charge on any atom is 0.220 e. The van der Waals surface area contributed by atoms with Crippen LogP contribution in [0.1, 0.15) is 25.1 Å². The number of H-pyrrole nitrogens is 1. The van der Waals surface area contributed by atoms with E-state index in [9.17, 15) is 4.79 Å². The number of hydrogen-bond acceptors (Lipinski definition) is 4. The molecule has 4 N–H and O–H groups in total. The second-order valence-corrected chi connectivity index (χ2v) is 4.47. The van der Waals surface area contributed by atoms with Crippen molar-refractivity contribution in [2.75, 3.05) is 11.9 Å². The zero-order valence-corrected chi connectivity index (χ0v) is 11.3. The second-order valence-electron chi connectivity index (χ2n) is 4.47.